The van der Waals surface area contributed by atoms with Crippen LogP contribution in [-0.4, -0.2) is 57.7 Å². The van der Waals surface area contributed by atoms with E-state index in [2.05, 4.69) is 15.6 Å². The average molecular weight is 512 g/mol. The van der Waals surface area contributed by atoms with E-state index in [0.717, 1.165) is 37.3 Å². The van der Waals surface area contributed by atoms with Gasteiger partial charge < -0.3 is 10.6 Å². The number of guanidine groups is 1. The van der Waals surface area contributed by atoms with E-state index in [0.29, 0.717) is 32.1 Å². The average Bonchev–Trinajstić information content (AvgIpc) is 2.59. The number of nitrogens with one attached hydrogen (secondary N) is 2. The molecule has 9 heteroatoms. The molecule has 1 heterocycles. The zero-order valence-electron chi connectivity index (χ0n) is 15.9. The molecule has 1 aromatic carbocycles. The van der Waals surface area contributed by atoms with E-state index in [4.69, 9.17) is 0 Å². The highest BCUT2D eigenvalue weighted by Crippen LogP contribution is 2.19. The van der Waals surface area contributed by atoms with Crippen molar-refractivity contribution in [3.8, 4) is 0 Å². The van der Waals surface area contributed by atoms with Gasteiger partial charge in [-0.05, 0) is 49.8 Å². The predicted molar refractivity (Wildman–Crippen MR) is 119 cm³/mol. The van der Waals surface area contributed by atoms with Crippen LogP contribution >= 0.6 is 24.0 Å². The fourth-order valence-corrected chi connectivity index (χ4v) is 3.88. The molecule has 0 aromatic heterocycles. The second-order valence-electron chi connectivity index (χ2n) is 6.63. The van der Waals surface area contributed by atoms with Gasteiger partial charge in [0.15, 0.2) is 5.96 Å². The first-order valence-corrected chi connectivity index (χ1v) is 10.9. The molecule has 27 heavy (non-hydrogen) atoms. The Kier molecular flexibility index (Phi) is 10.5. The number of halogens is 2. The van der Waals surface area contributed by atoms with Gasteiger partial charge >= 0.3 is 0 Å². The Labute approximate surface area is 179 Å². The quantitative estimate of drug-likeness (QED) is 0.334. The molecule has 0 amide bonds. The van der Waals surface area contributed by atoms with Crippen LogP contribution in [-0.2, 0) is 16.4 Å². The molecule has 1 aliphatic heterocycles. The smallest absolute Gasteiger partial charge is 0.211 e. The third kappa shape index (κ3) is 8.73. The molecule has 2 N–H and O–H groups in total. The molecule has 1 aliphatic rings. The minimum absolute atomic E-state index is 0. The van der Waals surface area contributed by atoms with E-state index < -0.39 is 10.0 Å². The molecule has 1 aromatic rings. The second kappa shape index (κ2) is 11.8. The summed E-state index contributed by atoms with van der Waals surface area (Å²) in [5.41, 5.74) is 0.946. The fourth-order valence-electron chi connectivity index (χ4n) is 3.00. The Balaban J connectivity index is 0.00000364. The van der Waals surface area contributed by atoms with Gasteiger partial charge in [0.25, 0.3) is 0 Å². The van der Waals surface area contributed by atoms with Crippen LogP contribution in [0.1, 0.15) is 25.3 Å². The SMILES string of the molecule is CCNC(=NCC1CCN(S(C)(=O)=O)CC1)NCCc1cccc(F)c1.I. The summed E-state index contributed by atoms with van der Waals surface area (Å²) >= 11 is 0. The summed E-state index contributed by atoms with van der Waals surface area (Å²) in [5, 5.41) is 6.48. The maximum absolute atomic E-state index is 13.2. The van der Waals surface area contributed by atoms with Gasteiger partial charge in [0.1, 0.15) is 5.82 Å². The van der Waals surface area contributed by atoms with E-state index in [9.17, 15) is 12.8 Å². The van der Waals surface area contributed by atoms with Crippen molar-refractivity contribution in [2.75, 3.05) is 39.0 Å². The van der Waals surface area contributed by atoms with Gasteiger partial charge in [-0.25, -0.2) is 17.1 Å². The van der Waals surface area contributed by atoms with Gasteiger partial charge in [0.05, 0.1) is 6.26 Å². The van der Waals surface area contributed by atoms with Gasteiger partial charge in [-0.15, -0.1) is 24.0 Å². The van der Waals surface area contributed by atoms with Crippen molar-refractivity contribution >= 4 is 40.0 Å². The molecule has 1 fully saturated rings. The largest absolute Gasteiger partial charge is 0.357 e. The first kappa shape index (κ1) is 24.1. The molecular formula is C18H30FIN4O2S. The maximum atomic E-state index is 13.2. The highest BCUT2D eigenvalue weighted by Gasteiger charge is 2.24. The molecule has 0 saturated carbocycles. The lowest BCUT2D eigenvalue weighted by Gasteiger charge is -2.29. The fraction of sp³-hybridized carbons (Fsp3) is 0.611. The van der Waals surface area contributed by atoms with Crippen LogP contribution in [0.5, 0.6) is 0 Å². The number of hydrogen-bond acceptors (Lipinski definition) is 3. The molecule has 0 bridgehead atoms. The highest BCUT2D eigenvalue weighted by atomic mass is 127. The van der Waals surface area contributed by atoms with Crippen LogP contribution < -0.4 is 10.6 Å². The van der Waals surface area contributed by atoms with Gasteiger partial charge in [-0.1, -0.05) is 12.1 Å². The minimum atomic E-state index is -3.08. The summed E-state index contributed by atoms with van der Waals surface area (Å²) in [4.78, 5) is 4.63. The number of benzene rings is 1. The van der Waals surface area contributed by atoms with Crippen molar-refractivity contribution in [2.24, 2.45) is 10.9 Å². The number of piperidine rings is 1. The Morgan fingerprint density at radius 2 is 2.00 bits per heavy atom. The predicted octanol–water partition coefficient (Wildman–Crippen LogP) is 2.21. The lowest BCUT2D eigenvalue weighted by molar-refractivity contribution is 0.280. The normalized spacial score (nSPS) is 16.6. The molecule has 0 spiro atoms. The number of sulfonamides is 1. The van der Waals surface area contributed by atoms with Crippen molar-refractivity contribution in [3.05, 3.63) is 35.6 Å². The van der Waals surface area contributed by atoms with Crippen molar-refractivity contribution < 1.29 is 12.8 Å². The summed E-state index contributed by atoms with van der Waals surface area (Å²) in [6.45, 7) is 5.26. The molecule has 0 atom stereocenters. The maximum Gasteiger partial charge on any atom is 0.211 e. The first-order chi connectivity index (χ1) is 12.4. The lowest BCUT2D eigenvalue weighted by Crippen LogP contribution is -2.40. The van der Waals surface area contributed by atoms with Crippen molar-refractivity contribution in [1.82, 2.24) is 14.9 Å². The van der Waals surface area contributed by atoms with Crippen LogP contribution in [0.3, 0.4) is 0 Å². The Bertz CT molecular complexity index is 707. The molecule has 154 valence electrons. The van der Waals surface area contributed by atoms with Gasteiger partial charge in [0, 0.05) is 32.7 Å². The van der Waals surface area contributed by atoms with Crippen molar-refractivity contribution in [1.29, 1.82) is 0 Å². The minimum Gasteiger partial charge on any atom is -0.357 e. The van der Waals surface area contributed by atoms with Crippen molar-refractivity contribution in [2.45, 2.75) is 26.2 Å². The molecule has 2 rings (SSSR count). The Morgan fingerprint density at radius 3 is 2.59 bits per heavy atom. The summed E-state index contributed by atoms with van der Waals surface area (Å²) < 4.78 is 37.9. The zero-order valence-corrected chi connectivity index (χ0v) is 19.1. The summed E-state index contributed by atoms with van der Waals surface area (Å²) in [5.74, 6) is 0.921. The molecule has 1 saturated heterocycles. The van der Waals surface area contributed by atoms with Gasteiger partial charge in [0.2, 0.25) is 10.0 Å². The molecule has 0 aliphatic carbocycles. The van der Waals surface area contributed by atoms with E-state index in [-0.39, 0.29) is 29.8 Å². The monoisotopic (exact) mass is 512 g/mol. The Morgan fingerprint density at radius 1 is 1.30 bits per heavy atom. The van der Waals surface area contributed by atoms with Crippen LogP contribution in [0.25, 0.3) is 0 Å². The van der Waals surface area contributed by atoms with E-state index >= 15 is 0 Å². The first-order valence-electron chi connectivity index (χ1n) is 9.10. The van der Waals surface area contributed by atoms with E-state index in [1.165, 1.54) is 16.6 Å². The van der Waals surface area contributed by atoms with E-state index in [1.807, 2.05) is 13.0 Å². The van der Waals surface area contributed by atoms with Crippen LogP contribution in [0.2, 0.25) is 0 Å². The number of hydrogen-bond donors (Lipinski definition) is 2. The van der Waals surface area contributed by atoms with Crippen molar-refractivity contribution in [3.63, 3.8) is 0 Å². The number of rotatable bonds is 7. The lowest BCUT2D eigenvalue weighted by atomic mass is 9.98. The second-order valence-corrected chi connectivity index (χ2v) is 8.61. The summed E-state index contributed by atoms with van der Waals surface area (Å²) in [6.07, 6.45) is 3.64. The molecule has 0 radical (unpaired) electrons. The van der Waals surface area contributed by atoms with Crippen LogP contribution in [0, 0.1) is 11.7 Å². The molecule has 0 unspecified atom stereocenters. The van der Waals surface area contributed by atoms with Gasteiger partial charge in [-0.2, -0.15) is 0 Å². The number of aliphatic imine (C=N–C) groups is 1. The van der Waals surface area contributed by atoms with Gasteiger partial charge in [-0.3, -0.25) is 4.99 Å². The number of nitrogens with zero attached hydrogens (tertiary/aromatic N) is 2. The molecular weight excluding hydrogens is 482 g/mol. The zero-order chi connectivity index (χ0) is 19.0. The highest BCUT2D eigenvalue weighted by molar-refractivity contribution is 14.0. The third-order valence-electron chi connectivity index (χ3n) is 4.49. The summed E-state index contributed by atoms with van der Waals surface area (Å²) in [7, 11) is -3.08. The van der Waals surface area contributed by atoms with Crippen LogP contribution in [0.15, 0.2) is 29.3 Å². The standard InChI is InChI=1S/C18H29FN4O2S.HI/c1-3-20-18(21-10-7-15-5-4-6-17(19)13-15)22-14-16-8-11-23(12-9-16)26(2,24)25;/h4-6,13,16H,3,7-12,14H2,1-2H3,(H2,20,21,22);1H. The van der Waals surface area contributed by atoms with E-state index in [1.54, 1.807) is 12.1 Å². The topological polar surface area (TPSA) is 73.8 Å². The van der Waals surface area contributed by atoms with Crippen LogP contribution in [0.4, 0.5) is 4.39 Å². The third-order valence-corrected chi connectivity index (χ3v) is 5.79. The Hall–Kier alpha value is -0.940. The summed E-state index contributed by atoms with van der Waals surface area (Å²) in [6, 6.07) is 6.61. The molecule has 6 nitrogen and oxygen atoms in total.